The van der Waals surface area contributed by atoms with Crippen LogP contribution >= 0.6 is 0 Å². The molecule has 170 valence electrons. The van der Waals surface area contributed by atoms with Crippen molar-refractivity contribution in [2.24, 2.45) is 4.99 Å². The van der Waals surface area contributed by atoms with Gasteiger partial charge < -0.3 is 33.9 Å². The summed E-state index contributed by atoms with van der Waals surface area (Å²) in [6, 6.07) is 3.92. The minimum absolute atomic E-state index is 0.326. The van der Waals surface area contributed by atoms with E-state index in [1.807, 2.05) is 19.2 Å². The van der Waals surface area contributed by atoms with E-state index in [2.05, 4.69) is 15.2 Å². The summed E-state index contributed by atoms with van der Waals surface area (Å²) in [4.78, 5) is 6.75. The maximum absolute atomic E-state index is 5.95. The van der Waals surface area contributed by atoms with Crippen molar-refractivity contribution >= 4 is 5.96 Å². The van der Waals surface area contributed by atoms with Crippen molar-refractivity contribution in [2.45, 2.75) is 31.8 Å². The number of aliphatic imine (C=N–C) groups is 1. The molecule has 0 saturated carbocycles. The van der Waals surface area contributed by atoms with Gasteiger partial charge in [-0.1, -0.05) is 6.07 Å². The Morgan fingerprint density at radius 3 is 2.37 bits per heavy atom. The Morgan fingerprint density at radius 1 is 1.03 bits per heavy atom. The molecule has 8 heteroatoms. The molecular formula is C22H37N3O5. The molecule has 0 aromatic heterocycles. The summed E-state index contributed by atoms with van der Waals surface area (Å²) in [5.74, 6) is 2.91. The van der Waals surface area contributed by atoms with Crippen molar-refractivity contribution in [3.05, 3.63) is 17.7 Å². The lowest BCUT2D eigenvalue weighted by Gasteiger charge is -2.34. The van der Waals surface area contributed by atoms with Gasteiger partial charge in [-0.05, 0) is 31.7 Å². The molecule has 30 heavy (non-hydrogen) atoms. The molecule has 1 fully saturated rings. The molecular weight excluding hydrogens is 386 g/mol. The number of hydrogen-bond acceptors (Lipinski definition) is 6. The summed E-state index contributed by atoms with van der Waals surface area (Å²) < 4.78 is 27.4. The lowest BCUT2D eigenvalue weighted by molar-refractivity contribution is 0.00991. The summed E-state index contributed by atoms with van der Waals surface area (Å²) >= 11 is 0. The van der Waals surface area contributed by atoms with Gasteiger partial charge in [0.05, 0.1) is 27.4 Å². The maximum Gasteiger partial charge on any atom is 0.203 e. The van der Waals surface area contributed by atoms with E-state index >= 15 is 0 Å². The van der Waals surface area contributed by atoms with Crippen LogP contribution in [-0.4, -0.2) is 85.3 Å². The molecule has 0 unspecified atom stereocenters. The van der Waals surface area contributed by atoms with E-state index in [4.69, 9.17) is 23.7 Å². The number of nitrogens with zero attached hydrogens (tertiary/aromatic N) is 2. The van der Waals surface area contributed by atoms with Gasteiger partial charge in [-0.3, -0.25) is 4.99 Å². The molecule has 2 rings (SSSR count). The lowest BCUT2D eigenvalue weighted by atomic mass is 10.1. The molecule has 1 saturated heterocycles. The van der Waals surface area contributed by atoms with E-state index in [1.54, 1.807) is 28.4 Å². The summed E-state index contributed by atoms with van der Waals surface area (Å²) in [5.41, 5.74) is 1.06. The average Bonchev–Trinajstić information content (AvgIpc) is 2.79. The van der Waals surface area contributed by atoms with E-state index < -0.39 is 0 Å². The van der Waals surface area contributed by atoms with E-state index in [0.29, 0.717) is 23.4 Å². The Labute approximate surface area is 180 Å². The molecule has 1 aromatic rings. The van der Waals surface area contributed by atoms with Crippen LogP contribution < -0.4 is 19.5 Å². The lowest BCUT2D eigenvalue weighted by Crippen LogP contribution is -2.47. The third-order valence-corrected chi connectivity index (χ3v) is 5.26. The SMILES string of the molecule is CN=C(NCCc1ccc(OC)c(OC)c1OC)N1CCC(OCCCOC)CC1. The highest BCUT2D eigenvalue weighted by Gasteiger charge is 2.22. The first kappa shape index (κ1) is 24.1. The van der Waals surface area contributed by atoms with Crippen LogP contribution in [0.3, 0.4) is 0 Å². The molecule has 0 spiro atoms. The minimum Gasteiger partial charge on any atom is -0.493 e. The molecule has 0 atom stereocenters. The number of guanidine groups is 1. The first-order valence-electron chi connectivity index (χ1n) is 10.5. The zero-order valence-corrected chi connectivity index (χ0v) is 19.0. The molecule has 0 bridgehead atoms. The van der Waals surface area contributed by atoms with Crippen LogP contribution in [0.25, 0.3) is 0 Å². The monoisotopic (exact) mass is 423 g/mol. The van der Waals surface area contributed by atoms with Gasteiger partial charge in [0.1, 0.15) is 0 Å². The third-order valence-electron chi connectivity index (χ3n) is 5.26. The van der Waals surface area contributed by atoms with Crippen LogP contribution in [-0.2, 0) is 15.9 Å². The number of rotatable bonds is 11. The predicted molar refractivity (Wildman–Crippen MR) is 118 cm³/mol. The number of benzene rings is 1. The van der Waals surface area contributed by atoms with Crippen LogP contribution in [0, 0.1) is 0 Å². The second kappa shape index (κ2) is 13.2. The normalized spacial score (nSPS) is 15.2. The van der Waals surface area contributed by atoms with Crippen molar-refractivity contribution in [1.82, 2.24) is 10.2 Å². The smallest absolute Gasteiger partial charge is 0.203 e. The van der Waals surface area contributed by atoms with Crippen molar-refractivity contribution in [3.63, 3.8) is 0 Å². The highest BCUT2D eigenvalue weighted by molar-refractivity contribution is 5.80. The van der Waals surface area contributed by atoms with E-state index in [-0.39, 0.29) is 0 Å². The fraction of sp³-hybridized carbons (Fsp3) is 0.682. The predicted octanol–water partition coefficient (Wildman–Crippen LogP) is 2.35. The topological polar surface area (TPSA) is 73.8 Å². The standard InChI is InChI=1S/C22H37N3O5/c1-23-22(25-13-10-18(11-14-25)30-16-6-15-26-2)24-12-9-17-7-8-19(27-3)21(29-5)20(17)28-4/h7-8,18H,6,9-16H2,1-5H3,(H,23,24). The Hall–Kier alpha value is -2.19. The number of likely N-dealkylation sites (tertiary alicyclic amines) is 1. The van der Waals surface area contributed by atoms with Crippen molar-refractivity contribution in [3.8, 4) is 17.2 Å². The summed E-state index contributed by atoms with van der Waals surface area (Å²) in [6.07, 6.45) is 4.07. The van der Waals surface area contributed by atoms with Crippen LogP contribution in [0.2, 0.25) is 0 Å². The molecule has 0 amide bonds. The zero-order chi connectivity index (χ0) is 21.8. The molecule has 1 aliphatic rings. The Balaban J connectivity index is 1.83. The molecule has 1 N–H and O–H groups in total. The maximum atomic E-state index is 5.95. The average molecular weight is 424 g/mol. The van der Waals surface area contributed by atoms with Crippen LogP contribution in [0.4, 0.5) is 0 Å². The molecule has 8 nitrogen and oxygen atoms in total. The number of ether oxygens (including phenoxy) is 5. The zero-order valence-electron chi connectivity index (χ0n) is 19.0. The third kappa shape index (κ3) is 6.67. The highest BCUT2D eigenvalue weighted by Crippen LogP contribution is 2.39. The van der Waals surface area contributed by atoms with E-state index in [1.165, 1.54) is 0 Å². The second-order valence-corrected chi connectivity index (χ2v) is 7.12. The van der Waals surface area contributed by atoms with Crippen molar-refractivity contribution < 1.29 is 23.7 Å². The van der Waals surface area contributed by atoms with E-state index in [9.17, 15) is 0 Å². The van der Waals surface area contributed by atoms with E-state index in [0.717, 1.165) is 70.1 Å². The van der Waals surface area contributed by atoms with Gasteiger partial charge in [0.15, 0.2) is 17.5 Å². The Morgan fingerprint density at radius 2 is 1.77 bits per heavy atom. The number of methoxy groups -OCH3 is 4. The van der Waals surface area contributed by atoms with Gasteiger partial charge in [0, 0.05) is 52.6 Å². The fourth-order valence-corrected chi connectivity index (χ4v) is 3.69. The van der Waals surface area contributed by atoms with Crippen molar-refractivity contribution in [2.75, 3.05) is 68.3 Å². The molecule has 1 aromatic carbocycles. The number of hydrogen-bond donors (Lipinski definition) is 1. The molecule has 1 aliphatic heterocycles. The highest BCUT2D eigenvalue weighted by atomic mass is 16.5. The largest absolute Gasteiger partial charge is 0.493 e. The second-order valence-electron chi connectivity index (χ2n) is 7.12. The minimum atomic E-state index is 0.326. The summed E-state index contributed by atoms with van der Waals surface area (Å²) in [7, 11) is 8.44. The van der Waals surface area contributed by atoms with Gasteiger partial charge in [-0.25, -0.2) is 0 Å². The van der Waals surface area contributed by atoms with Gasteiger partial charge in [0.25, 0.3) is 0 Å². The number of piperidine rings is 1. The van der Waals surface area contributed by atoms with Crippen LogP contribution in [0.15, 0.2) is 17.1 Å². The van der Waals surface area contributed by atoms with Gasteiger partial charge in [-0.2, -0.15) is 0 Å². The van der Waals surface area contributed by atoms with Gasteiger partial charge in [-0.15, -0.1) is 0 Å². The molecule has 1 heterocycles. The fourth-order valence-electron chi connectivity index (χ4n) is 3.69. The van der Waals surface area contributed by atoms with Crippen LogP contribution in [0.1, 0.15) is 24.8 Å². The van der Waals surface area contributed by atoms with Crippen LogP contribution in [0.5, 0.6) is 17.2 Å². The Bertz CT molecular complexity index is 660. The van der Waals surface area contributed by atoms with Crippen molar-refractivity contribution in [1.29, 1.82) is 0 Å². The summed E-state index contributed by atoms with van der Waals surface area (Å²) in [6.45, 7) is 4.13. The summed E-state index contributed by atoms with van der Waals surface area (Å²) in [5, 5.41) is 3.47. The molecule has 0 radical (unpaired) electrons. The van der Waals surface area contributed by atoms with Gasteiger partial charge >= 0.3 is 0 Å². The number of nitrogens with one attached hydrogen (secondary N) is 1. The first-order valence-corrected chi connectivity index (χ1v) is 10.5. The Kier molecular flexibility index (Phi) is 10.6. The molecule has 0 aliphatic carbocycles. The first-order chi connectivity index (χ1) is 14.7. The quantitative estimate of drug-likeness (QED) is 0.333. The van der Waals surface area contributed by atoms with Gasteiger partial charge in [0.2, 0.25) is 5.75 Å².